The number of carboxylic acid groups (broad SMARTS) is 1. The molecule has 0 saturated carbocycles. The minimum Gasteiger partial charge on any atom is -0.545 e. The van der Waals surface area contributed by atoms with Gasteiger partial charge in [-0.1, -0.05) is 62.6 Å². The Hall–Kier alpha value is -0.830. The standard InChI is InChI=1S/C17H20O2.Na/c1-2-3-4-5-9-14-12-11-13-8-6-7-10-15(13)16(14)17(18)19;/h6-8,10-12H,2-5,9H2,1H3,(H,18,19);/q;+1/p-1. The van der Waals surface area contributed by atoms with E-state index in [4.69, 9.17) is 0 Å². The van der Waals surface area contributed by atoms with E-state index in [-0.39, 0.29) is 29.6 Å². The number of aromatic carboxylic acids is 1. The molecule has 0 heterocycles. The third-order valence-corrected chi connectivity index (χ3v) is 3.52. The zero-order chi connectivity index (χ0) is 13.7. The molecular weight excluding hydrogens is 259 g/mol. The summed E-state index contributed by atoms with van der Waals surface area (Å²) >= 11 is 0. The number of fused-ring (bicyclic) bond motifs is 1. The number of unbranched alkanes of at least 4 members (excludes halogenated alkanes) is 3. The van der Waals surface area contributed by atoms with Gasteiger partial charge in [-0.25, -0.2) is 0 Å². The van der Waals surface area contributed by atoms with Crippen LogP contribution in [-0.4, -0.2) is 5.97 Å². The second-order valence-corrected chi connectivity index (χ2v) is 4.92. The van der Waals surface area contributed by atoms with Crippen LogP contribution < -0.4 is 34.7 Å². The maximum atomic E-state index is 11.4. The first-order chi connectivity index (χ1) is 9.24. The van der Waals surface area contributed by atoms with Gasteiger partial charge in [0.15, 0.2) is 0 Å². The normalized spacial score (nSPS) is 10.2. The molecule has 2 rings (SSSR count). The monoisotopic (exact) mass is 278 g/mol. The van der Waals surface area contributed by atoms with Crippen LogP contribution in [-0.2, 0) is 6.42 Å². The van der Waals surface area contributed by atoms with E-state index < -0.39 is 5.97 Å². The van der Waals surface area contributed by atoms with Crippen molar-refractivity contribution in [1.29, 1.82) is 0 Å². The smallest absolute Gasteiger partial charge is 0.545 e. The van der Waals surface area contributed by atoms with Gasteiger partial charge in [0.1, 0.15) is 0 Å². The summed E-state index contributed by atoms with van der Waals surface area (Å²) in [5, 5.41) is 13.2. The van der Waals surface area contributed by atoms with Crippen LogP contribution in [0.4, 0.5) is 0 Å². The average molecular weight is 278 g/mol. The third kappa shape index (κ3) is 4.08. The second kappa shape index (κ2) is 8.46. The number of rotatable bonds is 6. The van der Waals surface area contributed by atoms with Gasteiger partial charge in [-0.2, -0.15) is 0 Å². The summed E-state index contributed by atoms with van der Waals surface area (Å²) in [6, 6.07) is 11.5. The predicted octanol–water partition coefficient (Wildman–Crippen LogP) is 0.330. The van der Waals surface area contributed by atoms with E-state index in [2.05, 4.69) is 6.92 Å². The topological polar surface area (TPSA) is 40.1 Å². The van der Waals surface area contributed by atoms with E-state index in [0.29, 0.717) is 5.56 Å². The summed E-state index contributed by atoms with van der Waals surface area (Å²) in [4.78, 5) is 11.4. The Morgan fingerprint density at radius 2 is 1.80 bits per heavy atom. The molecule has 2 aromatic rings. The van der Waals surface area contributed by atoms with Crippen LogP contribution in [0.5, 0.6) is 0 Å². The Morgan fingerprint density at radius 1 is 1.05 bits per heavy atom. The van der Waals surface area contributed by atoms with Crippen molar-refractivity contribution in [2.45, 2.75) is 39.0 Å². The molecule has 0 N–H and O–H groups in total. The SMILES string of the molecule is CCCCCCc1ccc2ccccc2c1C(=O)[O-].[Na+]. The third-order valence-electron chi connectivity index (χ3n) is 3.52. The first kappa shape index (κ1) is 17.2. The molecule has 0 atom stereocenters. The summed E-state index contributed by atoms with van der Waals surface area (Å²) in [5.74, 6) is -1.07. The van der Waals surface area contributed by atoms with Crippen LogP contribution in [0.15, 0.2) is 36.4 Å². The molecule has 0 radical (unpaired) electrons. The number of hydrogen-bond acceptors (Lipinski definition) is 2. The van der Waals surface area contributed by atoms with Crippen molar-refractivity contribution in [1.82, 2.24) is 0 Å². The molecule has 0 amide bonds. The molecule has 20 heavy (non-hydrogen) atoms. The van der Waals surface area contributed by atoms with Crippen LogP contribution in [0.1, 0.15) is 48.5 Å². The van der Waals surface area contributed by atoms with Crippen LogP contribution in [0.3, 0.4) is 0 Å². The molecule has 0 fully saturated rings. The quantitative estimate of drug-likeness (QED) is 0.564. The molecule has 100 valence electrons. The zero-order valence-electron chi connectivity index (χ0n) is 12.3. The molecule has 3 heteroatoms. The molecule has 2 aromatic carbocycles. The van der Waals surface area contributed by atoms with Crippen molar-refractivity contribution in [3.8, 4) is 0 Å². The Bertz CT molecular complexity index is 578. The summed E-state index contributed by atoms with van der Waals surface area (Å²) in [7, 11) is 0. The average Bonchev–Trinajstić information content (AvgIpc) is 2.42. The molecule has 0 saturated heterocycles. The second-order valence-electron chi connectivity index (χ2n) is 4.92. The molecule has 0 spiro atoms. The Kier molecular flexibility index (Phi) is 7.28. The minimum absolute atomic E-state index is 0. The van der Waals surface area contributed by atoms with Gasteiger partial charge in [-0.15, -0.1) is 0 Å². The van der Waals surface area contributed by atoms with Crippen LogP contribution in [0.2, 0.25) is 0 Å². The number of hydrogen-bond donors (Lipinski definition) is 0. The Labute approximate surface area is 142 Å². The summed E-state index contributed by atoms with van der Waals surface area (Å²) in [6.07, 6.45) is 5.38. The largest absolute Gasteiger partial charge is 1.00 e. The van der Waals surface area contributed by atoms with Gasteiger partial charge in [0.2, 0.25) is 0 Å². The van der Waals surface area contributed by atoms with Gasteiger partial charge < -0.3 is 9.90 Å². The molecule has 0 aliphatic rings. The Morgan fingerprint density at radius 3 is 2.50 bits per heavy atom. The summed E-state index contributed by atoms with van der Waals surface area (Å²) in [5.41, 5.74) is 1.27. The fraction of sp³-hybridized carbons (Fsp3) is 0.353. The van der Waals surface area contributed by atoms with E-state index in [9.17, 15) is 9.90 Å². The van der Waals surface area contributed by atoms with E-state index in [1.165, 1.54) is 12.8 Å². The first-order valence-corrected chi connectivity index (χ1v) is 6.96. The number of carboxylic acids is 1. The fourth-order valence-corrected chi connectivity index (χ4v) is 2.51. The van der Waals surface area contributed by atoms with Gasteiger partial charge in [0, 0.05) is 5.56 Å². The molecule has 0 aliphatic carbocycles. The van der Waals surface area contributed by atoms with Crippen molar-refractivity contribution in [3.63, 3.8) is 0 Å². The number of benzene rings is 2. The van der Waals surface area contributed by atoms with Gasteiger partial charge in [-0.05, 0) is 29.2 Å². The van der Waals surface area contributed by atoms with E-state index in [1.807, 2.05) is 36.4 Å². The van der Waals surface area contributed by atoms with Crippen molar-refractivity contribution >= 4 is 16.7 Å². The van der Waals surface area contributed by atoms with Crippen LogP contribution in [0, 0.1) is 0 Å². The van der Waals surface area contributed by atoms with E-state index in [1.54, 1.807) is 0 Å². The maximum absolute atomic E-state index is 11.4. The van der Waals surface area contributed by atoms with Crippen LogP contribution >= 0.6 is 0 Å². The molecule has 0 bridgehead atoms. The molecule has 2 nitrogen and oxygen atoms in total. The molecule has 0 aromatic heterocycles. The van der Waals surface area contributed by atoms with Crippen molar-refractivity contribution in [2.75, 3.05) is 0 Å². The summed E-state index contributed by atoms with van der Waals surface area (Å²) in [6.45, 7) is 2.17. The molecule has 0 unspecified atom stereocenters. The number of carbonyl (C=O) groups excluding carboxylic acids is 1. The van der Waals surface area contributed by atoms with Gasteiger partial charge in [-0.3, -0.25) is 0 Å². The maximum Gasteiger partial charge on any atom is 1.00 e. The Balaban J connectivity index is 0.00000200. The van der Waals surface area contributed by atoms with Crippen molar-refractivity contribution in [2.24, 2.45) is 0 Å². The number of carbonyl (C=O) groups is 1. The predicted molar refractivity (Wildman–Crippen MR) is 76.1 cm³/mol. The van der Waals surface area contributed by atoms with E-state index >= 15 is 0 Å². The molecule has 0 aliphatic heterocycles. The van der Waals surface area contributed by atoms with E-state index in [0.717, 1.165) is 35.6 Å². The van der Waals surface area contributed by atoms with Gasteiger partial charge in [0.25, 0.3) is 0 Å². The first-order valence-electron chi connectivity index (χ1n) is 6.96. The van der Waals surface area contributed by atoms with Gasteiger partial charge >= 0.3 is 29.6 Å². The summed E-state index contributed by atoms with van der Waals surface area (Å²) < 4.78 is 0. The number of aryl methyl sites for hydroxylation is 1. The fourth-order valence-electron chi connectivity index (χ4n) is 2.51. The van der Waals surface area contributed by atoms with Crippen molar-refractivity contribution < 1.29 is 39.5 Å². The molecular formula is C17H19NaO2. The zero-order valence-corrected chi connectivity index (χ0v) is 14.3. The minimum atomic E-state index is -1.07. The van der Waals surface area contributed by atoms with Crippen LogP contribution in [0.25, 0.3) is 10.8 Å². The van der Waals surface area contributed by atoms with Gasteiger partial charge in [0.05, 0.1) is 5.97 Å². The van der Waals surface area contributed by atoms with Crippen molar-refractivity contribution in [3.05, 3.63) is 47.5 Å².